The van der Waals surface area contributed by atoms with Gasteiger partial charge in [-0.15, -0.1) is 12.4 Å². The van der Waals surface area contributed by atoms with Crippen molar-refractivity contribution in [2.45, 2.75) is 39.7 Å². The summed E-state index contributed by atoms with van der Waals surface area (Å²) < 4.78 is 1.06. The van der Waals surface area contributed by atoms with Crippen LogP contribution in [0.5, 0.6) is 0 Å². The van der Waals surface area contributed by atoms with Crippen LogP contribution in [0, 0.1) is 0 Å². The van der Waals surface area contributed by atoms with Crippen LogP contribution in [-0.2, 0) is 0 Å². The molecular weight excluding hydrogens is 507 g/mol. The highest BCUT2D eigenvalue weighted by molar-refractivity contribution is 9.10. The van der Waals surface area contributed by atoms with Gasteiger partial charge in [-0.05, 0) is 81.4 Å². The van der Waals surface area contributed by atoms with E-state index in [1.54, 1.807) is 0 Å². The summed E-state index contributed by atoms with van der Waals surface area (Å²) in [6.07, 6.45) is 6.20. The molecule has 1 aromatic heterocycles. The lowest BCUT2D eigenvalue weighted by Gasteiger charge is -2.20. The van der Waals surface area contributed by atoms with Crippen LogP contribution in [0.25, 0.3) is 23.1 Å². The highest BCUT2D eigenvalue weighted by Gasteiger charge is 2.11. The average molecular weight is 538 g/mol. The Balaban J connectivity index is 0.00000363. The SMILES string of the molecule is CCN(CC)CCCC(C)Nc1nc(/C=C/c2ccc(Br)cc2)nc2cc(Cl)ccc12.Cl. The Morgan fingerprint density at radius 3 is 2.47 bits per heavy atom. The molecule has 1 N–H and O–H groups in total. The Labute approximate surface area is 211 Å². The standard InChI is InChI=1S/C25H30BrClN4.ClH/c1-4-31(5-2)16-6-7-18(3)28-25-22-14-13-21(27)17-23(22)29-24(30-25)15-10-19-8-11-20(26)12-9-19;/h8-15,17-18H,4-7,16H2,1-3H3,(H,28,29,30);1H/b15-10+;. The number of nitrogens with one attached hydrogen (secondary N) is 1. The number of fused-ring (bicyclic) bond motifs is 1. The van der Waals surface area contributed by atoms with Crippen molar-refractivity contribution in [1.82, 2.24) is 14.9 Å². The van der Waals surface area contributed by atoms with E-state index in [0.717, 1.165) is 59.2 Å². The summed E-state index contributed by atoms with van der Waals surface area (Å²) in [6.45, 7) is 9.97. The second kappa shape index (κ2) is 13.1. The normalized spacial score (nSPS) is 12.3. The molecule has 0 radical (unpaired) electrons. The molecule has 1 unspecified atom stereocenters. The maximum Gasteiger partial charge on any atom is 0.154 e. The van der Waals surface area contributed by atoms with Gasteiger partial charge in [-0.1, -0.05) is 59.6 Å². The van der Waals surface area contributed by atoms with Crippen LogP contribution in [0.2, 0.25) is 5.02 Å². The Kier molecular flexibility index (Phi) is 10.9. The van der Waals surface area contributed by atoms with E-state index in [9.17, 15) is 0 Å². The molecule has 4 nitrogen and oxygen atoms in total. The van der Waals surface area contributed by atoms with Gasteiger partial charge in [0.25, 0.3) is 0 Å². The minimum absolute atomic E-state index is 0. The fourth-order valence-corrected chi connectivity index (χ4v) is 3.95. The molecule has 0 saturated heterocycles. The van der Waals surface area contributed by atoms with Crippen LogP contribution in [0.15, 0.2) is 46.9 Å². The summed E-state index contributed by atoms with van der Waals surface area (Å²) in [6, 6.07) is 14.2. The van der Waals surface area contributed by atoms with Crippen LogP contribution < -0.4 is 5.32 Å². The molecule has 0 saturated carbocycles. The average Bonchev–Trinajstić information content (AvgIpc) is 2.76. The molecule has 0 aliphatic rings. The van der Waals surface area contributed by atoms with Crippen LogP contribution in [0.1, 0.15) is 45.0 Å². The Morgan fingerprint density at radius 2 is 1.78 bits per heavy atom. The minimum atomic E-state index is 0. The van der Waals surface area contributed by atoms with Crippen molar-refractivity contribution in [3.63, 3.8) is 0 Å². The van der Waals surface area contributed by atoms with E-state index in [1.807, 2.05) is 42.5 Å². The third-order valence-electron chi connectivity index (χ3n) is 5.36. The molecule has 3 aromatic rings. The molecule has 7 heteroatoms. The van der Waals surface area contributed by atoms with Crippen LogP contribution in [-0.4, -0.2) is 40.5 Å². The van der Waals surface area contributed by atoms with E-state index in [4.69, 9.17) is 21.6 Å². The van der Waals surface area contributed by atoms with Crippen LogP contribution >= 0.6 is 39.9 Å². The van der Waals surface area contributed by atoms with Crippen molar-refractivity contribution in [3.8, 4) is 0 Å². The lowest BCUT2D eigenvalue weighted by Crippen LogP contribution is -2.25. The third-order valence-corrected chi connectivity index (χ3v) is 6.12. The predicted molar refractivity (Wildman–Crippen MR) is 145 cm³/mol. The van der Waals surface area contributed by atoms with Crippen LogP contribution in [0.4, 0.5) is 5.82 Å². The maximum absolute atomic E-state index is 6.23. The molecule has 172 valence electrons. The Morgan fingerprint density at radius 1 is 1.06 bits per heavy atom. The van der Waals surface area contributed by atoms with Gasteiger partial charge in [-0.2, -0.15) is 0 Å². The minimum Gasteiger partial charge on any atom is -0.367 e. The predicted octanol–water partition coefficient (Wildman–Crippen LogP) is 7.56. The fraction of sp³-hybridized carbons (Fsp3) is 0.360. The van der Waals surface area contributed by atoms with Gasteiger partial charge in [0, 0.05) is 20.9 Å². The molecule has 1 heterocycles. The quantitative estimate of drug-likeness (QED) is 0.289. The molecule has 0 aliphatic carbocycles. The van der Waals surface area contributed by atoms with Gasteiger partial charge in [0.15, 0.2) is 5.82 Å². The highest BCUT2D eigenvalue weighted by atomic mass is 79.9. The molecule has 0 aliphatic heterocycles. The zero-order valence-corrected chi connectivity index (χ0v) is 22.0. The van der Waals surface area contributed by atoms with Gasteiger partial charge in [-0.3, -0.25) is 0 Å². The second-order valence-corrected chi connectivity index (χ2v) is 9.04. The van der Waals surface area contributed by atoms with E-state index in [-0.39, 0.29) is 12.4 Å². The molecule has 3 rings (SSSR count). The smallest absolute Gasteiger partial charge is 0.154 e. The van der Waals surface area contributed by atoms with Gasteiger partial charge in [-0.25, -0.2) is 9.97 Å². The summed E-state index contributed by atoms with van der Waals surface area (Å²) in [7, 11) is 0. The second-order valence-electron chi connectivity index (χ2n) is 7.69. The number of benzene rings is 2. The molecule has 0 spiro atoms. The zero-order chi connectivity index (χ0) is 22.2. The summed E-state index contributed by atoms with van der Waals surface area (Å²) >= 11 is 9.70. The topological polar surface area (TPSA) is 41.0 Å². The van der Waals surface area contributed by atoms with Crippen molar-refractivity contribution in [2.75, 3.05) is 25.0 Å². The molecule has 0 fully saturated rings. The van der Waals surface area contributed by atoms with Gasteiger partial charge in [0.05, 0.1) is 5.52 Å². The molecule has 0 amide bonds. The fourth-order valence-electron chi connectivity index (χ4n) is 3.52. The number of anilines is 1. The maximum atomic E-state index is 6.23. The number of halogens is 3. The van der Waals surface area contributed by atoms with E-state index >= 15 is 0 Å². The number of aromatic nitrogens is 2. The number of nitrogens with zero attached hydrogens (tertiary/aromatic N) is 3. The molecule has 0 bridgehead atoms. The third kappa shape index (κ3) is 7.73. The molecule has 32 heavy (non-hydrogen) atoms. The van der Waals surface area contributed by atoms with Gasteiger partial charge in [0.1, 0.15) is 5.82 Å². The molecular formula is C25H31BrCl2N4. The zero-order valence-electron chi connectivity index (χ0n) is 18.8. The van der Waals surface area contributed by atoms with Crippen molar-refractivity contribution in [3.05, 3.63) is 63.3 Å². The number of hydrogen-bond donors (Lipinski definition) is 1. The van der Waals surface area contributed by atoms with E-state index < -0.39 is 0 Å². The van der Waals surface area contributed by atoms with Gasteiger partial charge >= 0.3 is 0 Å². The largest absolute Gasteiger partial charge is 0.367 e. The van der Waals surface area contributed by atoms with Crippen molar-refractivity contribution >= 4 is 68.8 Å². The van der Waals surface area contributed by atoms with Crippen molar-refractivity contribution in [1.29, 1.82) is 0 Å². The van der Waals surface area contributed by atoms with Gasteiger partial charge in [0.2, 0.25) is 0 Å². The molecule has 1 atom stereocenters. The summed E-state index contributed by atoms with van der Waals surface area (Å²) in [5.41, 5.74) is 1.94. The number of rotatable bonds is 10. The van der Waals surface area contributed by atoms with Gasteiger partial charge < -0.3 is 10.2 Å². The van der Waals surface area contributed by atoms with Crippen LogP contribution in [0.3, 0.4) is 0 Å². The first-order chi connectivity index (χ1) is 15.0. The first kappa shape index (κ1) is 26.6. The lowest BCUT2D eigenvalue weighted by molar-refractivity contribution is 0.295. The lowest BCUT2D eigenvalue weighted by atomic mass is 10.1. The summed E-state index contributed by atoms with van der Waals surface area (Å²) in [5, 5.41) is 5.27. The first-order valence-corrected chi connectivity index (χ1v) is 12.1. The van der Waals surface area contributed by atoms with Crippen molar-refractivity contribution < 1.29 is 0 Å². The van der Waals surface area contributed by atoms with E-state index in [2.05, 4.69) is 59.1 Å². The van der Waals surface area contributed by atoms with Crippen molar-refractivity contribution in [2.24, 2.45) is 0 Å². The Bertz CT molecular complexity index is 1020. The monoisotopic (exact) mass is 536 g/mol. The van der Waals surface area contributed by atoms with E-state index in [0.29, 0.717) is 16.9 Å². The summed E-state index contributed by atoms with van der Waals surface area (Å²) in [4.78, 5) is 12.0. The molecule has 2 aromatic carbocycles. The Hall–Kier alpha value is -1.66. The van der Waals surface area contributed by atoms with E-state index in [1.165, 1.54) is 0 Å². The number of hydrogen-bond acceptors (Lipinski definition) is 4. The first-order valence-electron chi connectivity index (χ1n) is 10.9. The summed E-state index contributed by atoms with van der Waals surface area (Å²) in [5.74, 6) is 1.52. The highest BCUT2D eigenvalue weighted by Crippen LogP contribution is 2.25.